The van der Waals surface area contributed by atoms with Crippen LogP contribution in [0, 0.1) is 5.95 Å². The van der Waals surface area contributed by atoms with Crippen molar-refractivity contribution in [3.63, 3.8) is 0 Å². The topological polar surface area (TPSA) is 66.3 Å². The molecule has 4 heterocycles. The van der Waals surface area contributed by atoms with Crippen molar-refractivity contribution >= 4 is 23.2 Å². The van der Waals surface area contributed by atoms with Gasteiger partial charge in [-0.15, -0.1) is 0 Å². The van der Waals surface area contributed by atoms with E-state index in [0.717, 1.165) is 18.7 Å². The van der Waals surface area contributed by atoms with Gasteiger partial charge in [0.1, 0.15) is 11.5 Å². The van der Waals surface area contributed by atoms with E-state index >= 15 is 0 Å². The number of nitrogens with zero attached hydrogens (tertiary/aromatic N) is 4. The van der Waals surface area contributed by atoms with Gasteiger partial charge in [0.15, 0.2) is 5.69 Å². The number of aromatic amines is 1. The summed E-state index contributed by atoms with van der Waals surface area (Å²) >= 11 is 5.88. The average Bonchev–Trinajstić information content (AvgIpc) is 3.24. The van der Waals surface area contributed by atoms with Crippen LogP contribution in [0.25, 0.3) is 5.65 Å². The zero-order chi connectivity index (χ0) is 16.7. The zero-order valence-electron chi connectivity index (χ0n) is 12.7. The molecule has 8 heteroatoms. The summed E-state index contributed by atoms with van der Waals surface area (Å²) in [6, 6.07) is 3.20. The van der Waals surface area contributed by atoms with Crippen LogP contribution >= 0.6 is 11.6 Å². The molecule has 1 atom stereocenters. The van der Waals surface area contributed by atoms with Crippen molar-refractivity contribution in [3.8, 4) is 0 Å². The second-order valence-electron chi connectivity index (χ2n) is 5.89. The van der Waals surface area contributed by atoms with Gasteiger partial charge < -0.3 is 9.88 Å². The summed E-state index contributed by atoms with van der Waals surface area (Å²) < 4.78 is 15.8. The Labute approximate surface area is 142 Å². The molecule has 1 aliphatic heterocycles. The molecule has 3 aromatic rings. The molecule has 4 rings (SSSR count). The zero-order valence-corrected chi connectivity index (χ0v) is 13.5. The number of carbonyl (C=O) groups excluding carboxylic acids is 1. The van der Waals surface area contributed by atoms with Crippen LogP contribution in [0.1, 0.15) is 35.1 Å². The Morgan fingerprint density at radius 1 is 1.42 bits per heavy atom. The number of nitrogens with one attached hydrogen (secondary N) is 1. The molecular formula is C16H15ClFN5O. The Hall–Kier alpha value is -2.41. The Morgan fingerprint density at radius 2 is 2.29 bits per heavy atom. The van der Waals surface area contributed by atoms with Crippen molar-refractivity contribution in [1.82, 2.24) is 24.3 Å². The van der Waals surface area contributed by atoms with E-state index in [0.29, 0.717) is 23.8 Å². The maximum absolute atomic E-state index is 14.6. The van der Waals surface area contributed by atoms with Crippen LogP contribution in [0.15, 0.2) is 30.7 Å². The highest BCUT2D eigenvalue weighted by molar-refractivity contribution is 6.30. The second-order valence-corrected chi connectivity index (χ2v) is 6.33. The molecule has 0 saturated carbocycles. The van der Waals surface area contributed by atoms with Gasteiger partial charge >= 0.3 is 0 Å². The van der Waals surface area contributed by atoms with Crippen LogP contribution in [0.4, 0.5) is 4.39 Å². The fraction of sp³-hybridized carbons (Fsp3) is 0.312. The largest absolute Gasteiger partial charge is 0.348 e. The minimum atomic E-state index is -0.683. The van der Waals surface area contributed by atoms with E-state index in [1.54, 1.807) is 29.4 Å². The molecule has 0 unspecified atom stereocenters. The van der Waals surface area contributed by atoms with Gasteiger partial charge in [0.05, 0.1) is 5.02 Å². The lowest BCUT2D eigenvalue weighted by Crippen LogP contribution is -2.39. The number of imidazole rings is 2. The van der Waals surface area contributed by atoms with Crippen LogP contribution in [0.2, 0.25) is 5.02 Å². The molecule has 1 aliphatic rings. The molecule has 3 aromatic heterocycles. The first kappa shape index (κ1) is 15.1. The van der Waals surface area contributed by atoms with Crippen LogP contribution in [-0.2, 0) is 0 Å². The quantitative estimate of drug-likeness (QED) is 0.775. The molecule has 24 heavy (non-hydrogen) atoms. The number of piperidine rings is 1. The number of halogens is 2. The van der Waals surface area contributed by atoms with Gasteiger partial charge in [-0.1, -0.05) is 11.6 Å². The van der Waals surface area contributed by atoms with E-state index in [1.165, 1.54) is 10.6 Å². The molecule has 0 aromatic carbocycles. The van der Waals surface area contributed by atoms with Gasteiger partial charge in [-0.3, -0.25) is 9.20 Å². The molecule has 0 aliphatic carbocycles. The molecule has 0 bridgehead atoms. The van der Waals surface area contributed by atoms with Crippen molar-refractivity contribution in [2.24, 2.45) is 0 Å². The Kier molecular flexibility index (Phi) is 3.72. The Balaban J connectivity index is 1.62. The normalized spacial score (nSPS) is 18.2. The number of aromatic nitrogens is 4. The predicted octanol–water partition coefficient (Wildman–Crippen LogP) is 2.87. The van der Waals surface area contributed by atoms with Crippen LogP contribution in [0.3, 0.4) is 0 Å². The van der Waals surface area contributed by atoms with Crippen molar-refractivity contribution in [1.29, 1.82) is 0 Å². The van der Waals surface area contributed by atoms with Gasteiger partial charge in [-0.2, -0.15) is 4.39 Å². The van der Waals surface area contributed by atoms with Crippen molar-refractivity contribution in [2.45, 2.75) is 18.8 Å². The third kappa shape index (κ3) is 2.54. The van der Waals surface area contributed by atoms with E-state index in [4.69, 9.17) is 11.6 Å². The first-order valence-corrected chi connectivity index (χ1v) is 8.13. The Bertz CT molecular complexity index is 891. The van der Waals surface area contributed by atoms with Gasteiger partial charge in [-0.05, 0) is 25.0 Å². The molecule has 0 radical (unpaired) electrons. The third-order valence-electron chi connectivity index (χ3n) is 4.34. The lowest BCUT2D eigenvalue weighted by molar-refractivity contribution is 0.0694. The highest BCUT2D eigenvalue weighted by atomic mass is 35.5. The van der Waals surface area contributed by atoms with Crippen molar-refractivity contribution in [2.75, 3.05) is 13.1 Å². The lowest BCUT2D eigenvalue weighted by Gasteiger charge is -2.31. The van der Waals surface area contributed by atoms with Crippen LogP contribution in [-0.4, -0.2) is 43.2 Å². The van der Waals surface area contributed by atoms with Gasteiger partial charge in [0.2, 0.25) is 5.95 Å². The standard InChI is InChI=1S/C16H15ClFN5O/c17-11-3-4-12-21-13(14(18)23(12)9-11)16(24)22-7-1-2-10(8-22)15-19-5-6-20-15/h3-6,9-10H,1-2,7-8H2,(H,19,20)/t10-/m0/s1. The SMILES string of the molecule is O=C(c1nc2ccc(Cl)cn2c1F)N1CCC[C@H](c2ncc[nH]2)C1. The number of hydrogen-bond donors (Lipinski definition) is 1. The number of fused-ring (bicyclic) bond motifs is 1. The highest BCUT2D eigenvalue weighted by Gasteiger charge is 2.30. The minimum absolute atomic E-state index is 0.132. The third-order valence-corrected chi connectivity index (χ3v) is 4.56. The molecule has 1 saturated heterocycles. The summed E-state index contributed by atoms with van der Waals surface area (Å²) in [6.07, 6.45) is 6.67. The summed E-state index contributed by atoms with van der Waals surface area (Å²) in [5, 5.41) is 0.383. The monoisotopic (exact) mass is 347 g/mol. The average molecular weight is 348 g/mol. The minimum Gasteiger partial charge on any atom is -0.348 e. The van der Waals surface area contributed by atoms with E-state index in [2.05, 4.69) is 15.0 Å². The number of likely N-dealkylation sites (tertiary alicyclic amines) is 1. The number of carbonyl (C=O) groups is 1. The predicted molar refractivity (Wildman–Crippen MR) is 86.6 cm³/mol. The van der Waals surface area contributed by atoms with Gasteiger partial charge in [-0.25, -0.2) is 9.97 Å². The summed E-state index contributed by atoms with van der Waals surface area (Å²) in [6.45, 7) is 1.09. The van der Waals surface area contributed by atoms with E-state index in [-0.39, 0.29) is 11.6 Å². The van der Waals surface area contributed by atoms with Gasteiger partial charge in [0.25, 0.3) is 5.91 Å². The maximum atomic E-state index is 14.6. The molecule has 0 spiro atoms. The van der Waals surface area contributed by atoms with Gasteiger partial charge in [0, 0.05) is 37.6 Å². The fourth-order valence-electron chi connectivity index (χ4n) is 3.16. The fourth-order valence-corrected chi connectivity index (χ4v) is 3.32. The Morgan fingerprint density at radius 3 is 3.08 bits per heavy atom. The number of amides is 1. The molecule has 1 N–H and O–H groups in total. The number of pyridine rings is 1. The number of H-pyrrole nitrogens is 1. The summed E-state index contributed by atoms with van der Waals surface area (Å²) in [5.74, 6) is -0.0943. The van der Waals surface area contributed by atoms with E-state index in [9.17, 15) is 9.18 Å². The maximum Gasteiger partial charge on any atom is 0.277 e. The summed E-state index contributed by atoms with van der Waals surface area (Å²) in [5.41, 5.74) is 0.192. The molecule has 1 fully saturated rings. The number of hydrogen-bond acceptors (Lipinski definition) is 3. The number of rotatable bonds is 2. The van der Waals surface area contributed by atoms with Crippen LogP contribution < -0.4 is 0 Å². The van der Waals surface area contributed by atoms with Crippen LogP contribution in [0.5, 0.6) is 0 Å². The lowest BCUT2D eigenvalue weighted by atomic mass is 9.97. The van der Waals surface area contributed by atoms with Crippen molar-refractivity contribution in [3.05, 3.63) is 53.2 Å². The molecular weight excluding hydrogens is 333 g/mol. The smallest absolute Gasteiger partial charge is 0.277 e. The molecule has 124 valence electrons. The first-order valence-electron chi connectivity index (χ1n) is 7.75. The summed E-state index contributed by atoms with van der Waals surface area (Å²) in [7, 11) is 0. The first-order chi connectivity index (χ1) is 11.6. The van der Waals surface area contributed by atoms with E-state index in [1.807, 2.05) is 0 Å². The summed E-state index contributed by atoms with van der Waals surface area (Å²) in [4.78, 5) is 25.9. The molecule has 6 nitrogen and oxygen atoms in total. The highest BCUT2D eigenvalue weighted by Crippen LogP contribution is 2.26. The van der Waals surface area contributed by atoms with Crippen molar-refractivity contribution < 1.29 is 9.18 Å². The van der Waals surface area contributed by atoms with E-state index < -0.39 is 11.9 Å². The molecule has 1 amide bonds. The second kappa shape index (κ2) is 5.90.